The van der Waals surface area contributed by atoms with Gasteiger partial charge in [0, 0.05) is 12.1 Å². The van der Waals surface area contributed by atoms with Gasteiger partial charge in [-0.05, 0) is 92.8 Å². The predicted octanol–water partition coefficient (Wildman–Crippen LogP) is 4.71. The third-order valence-electron chi connectivity index (χ3n) is 8.68. The first-order valence-corrected chi connectivity index (χ1v) is 10.3. The predicted molar refractivity (Wildman–Crippen MR) is 99.0 cm³/mol. The van der Waals surface area contributed by atoms with Crippen LogP contribution in [-0.2, 0) is 0 Å². The van der Waals surface area contributed by atoms with Crippen molar-refractivity contribution in [2.75, 3.05) is 0 Å². The van der Waals surface area contributed by atoms with Crippen molar-refractivity contribution >= 4 is 0 Å². The number of hydrogen-bond donors (Lipinski definition) is 2. The van der Waals surface area contributed by atoms with E-state index in [1.54, 1.807) is 0 Å². The number of rotatable bonds is 3. The quantitative estimate of drug-likeness (QED) is 0.791. The molecule has 3 aliphatic rings. The Labute approximate surface area is 144 Å². The van der Waals surface area contributed by atoms with E-state index in [0.29, 0.717) is 22.9 Å². The van der Waals surface area contributed by atoms with Gasteiger partial charge in [-0.15, -0.1) is 0 Å². The van der Waals surface area contributed by atoms with Gasteiger partial charge in [0.05, 0.1) is 0 Å². The van der Waals surface area contributed by atoms with Gasteiger partial charge in [-0.1, -0.05) is 27.2 Å². The molecule has 0 saturated heterocycles. The lowest BCUT2D eigenvalue weighted by atomic mass is 9.50. The molecule has 0 amide bonds. The first kappa shape index (κ1) is 17.7. The average Bonchev–Trinajstić information content (AvgIpc) is 2.86. The van der Waals surface area contributed by atoms with E-state index in [2.05, 4.69) is 27.7 Å². The second kappa shape index (κ2) is 6.33. The Morgan fingerprint density at radius 3 is 2.17 bits per heavy atom. The molecule has 2 heteroatoms. The van der Waals surface area contributed by atoms with Crippen LogP contribution in [0.25, 0.3) is 0 Å². The van der Waals surface area contributed by atoms with Crippen molar-refractivity contribution in [2.24, 2.45) is 46.0 Å². The number of nitrogens with two attached hydrogens (primary N) is 2. The van der Waals surface area contributed by atoms with Gasteiger partial charge in [-0.3, -0.25) is 0 Å². The third kappa shape index (κ3) is 2.88. The fourth-order valence-corrected chi connectivity index (χ4v) is 7.30. The molecule has 4 N–H and O–H groups in total. The van der Waals surface area contributed by atoms with Crippen molar-refractivity contribution in [3.8, 4) is 0 Å². The summed E-state index contributed by atoms with van der Waals surface area (Å²) < 4.78 is 0. The monoisotopic (exact) mass is 320 g/mol. The van der Waals surface area contributed by atoms with E-state index in [1.807, 2.05) is 0 Å². The third-order valence-corrected chi connectivity index (χ3v) is 8.68. The van der Waals surface area contributed by atoms with Crippen molar-refractivity contribution in [3.05, 3.63) is 0 Å². The van der Waals surface area contributed by atoms with Crippen molar-refractivity contribution in [1.29, 1.82) is 0 Å². The van der Waals surface area contributed by atoms with Crippen LogP contribution >= 0.6 is 0 Å². The van der Waals surface area contributed by atoms with Crippen molar-refractivity contribution in [2.45, 2.75) is 97.6 Å². The fraction of sp³-hybridized carbons (Fsp3) is 1.00. The molecule has 3 rings (SSSR count). The van der Waals surface area contributed by atoms with Crippen molar-refractivity contribution < 1.29 is 0 Å². The largest absolute Gasteiger partial charge is 0.328 e. The van der Waals surface area contributed by atoms with Crippen LogP contribution in [0.4, 0.5) is 0 Å². The van der Waals surface area contributed by atoms with Gasteiger partial charge >= 0.3 is 0 Å². The maximum Gasteiger partial charge on any atom is 0.00440 e. The number of fused-ring (bicyclic) bond motifs is 1. The molecule has 6 unspecified atom stereocenters. The molecular weight excluding hydrogens is 280 g/mol. The lowest BCUT2D eigenvalue weighted by molar-refractivity contribution is -0.0569. The first-order chi connectivity index (χ1) is 10.8. The van der Waals surface area contributed by atoms with Crippen LogP contribution in [0.5, 0.6) is 0 Å². The Morgan fingerprint density at radius 2 is 1.61 bits per heavy atom. The summed E-state index contributed by atoms with van der Waals surface area (Å²) in [4.78, 5) is 0. The van der Waals surface area contributed by atoms with Crippen molar-refractivity contribution in [1.82, 2.24) is 0 Å². The van der Waals surface area contributed by atoms with Gasteiger partial charge in [-0.2, -0.15) is 0 Å². The number of hydrogen-bond acceptors (Lipinski definition) is 2. The standard InChI is InChI=1S/C21H40N2/c1-5-16-18(20(3)11-8-15(23)9-12-20)10-13-21(4)17(14(2)22)6-7-19(16)21/h14-19H,5-13,22-23H2,1-4H3. The second-order valence-corrected chi connectivity index (χ2v) is 9.86. The molecule has 0 aromatic carbocycles. The smallest absolute Gasteiger partial charge is 0.00440 e. The van der Waals surface area contributed by atoms with Gasteiger partial charge in [0.2, 0.25) is 0 Å². The topological polar surface area (TPSA) is 52.0 Å². The minimum atomic E-state index is 0.363. The Bertz CT molecular complexity index is 410. The lowest BCUT2D eigenvalue weighted by Gasteiger charge is -2.55. The summed E-state index contributed by atoms with van der Waals surface area (Å²) in [5.41, 5.74) is 13.6. The lowest BCUT2D eigenvalue weighted by Crippen LogP contribution is -2.50. The van der Waals surface area contributed by atoms with Crippen LogP contribution in [0.2, 0.25) is 0 Å². The molecule has 0 heterocycles. The summed E-state index contributed by atoms with van der Waals surface area (Å²) in [5.74, 6) is 3.49. The SMILES string of the molecule is CCC1C(C2(C)CCC(N)CC2)CCC2(C)C(C(C)N)CCC12. The van der Waals surface area contributed by atoms with E-state index in [4.69, 9.17) is 11.5 Å². The zero-order chi connectivity index (χ0) is 16.8. The average molecular weight is 321 g/mol. The van der Waals surface area contributed by atoms with Crippen LogP contribution in [0.15, 0.2) is 0 Å². The molecule has 0 aromatic heterocycles. The van der Waals surface area contributed by atoms with Gasteiger partial charge in [0.15, 0.2) is 0 Å². The summed E-state index contributed by atoms with van der Waals surface area (Å²) in [6.45, 7) is 9.86. The molecule has 3 aliphatic carbocycles. The molecule has 0 aromatic rings. The van der Waals surface area contributed by atoms with E-state index < -0.39 is 0 Å². The van der Waals surface area contributed by atoms with E-state index in [1.165, 1.54) is 57.8 Å². The molecule has 0 bridgehead atoms. The van der Waals surface area contributed by atoms with Crippen LogP contribution in [-0.4, -0.2) is 12.1 Å². The summed E-state index contributed by atoms with van der Waals surface area (Å²) in [5, 5.41) is 0. The van der Waals surface area contributed by atoms with E-state index in [9.17, 15) is 0 Å². The minimum Gasteiger partial charge on any atom is -0.328 e. The van der Waals surface area contributed by atoms with Gasteiger partial charge < -0.3 is 11.5 Å². The molecule has 0 radical (unpaired) electrons. The molecule has 3 saturated carbocycles. The van der Waals surface area contributed by atoms with Crippen LogP contribution < -0.4 is 11.5 Å². The highest BCUT2D eigenvalue weighted by Crippen LogP contribution is 2.64. The highest BCUT2D eigenvalue weighted by atomic mass is 14.7. The highest BCUT2D eigenvalue weighted by Gasteiger charge is 2.56. The maximum absolute atomic E-state index is 6.38. The zero-order valence-electron chi connectivity index (χ0n) is 16.0. The second-order valence-electron chi connectivity index (χ2n) is 9.86. The van der Waals surface area contributed by atoms with Crippen LogP contribution in [0, 0.1) is 34.5 Å². The normalized spacial score (nSPS) is 52.2. The zero-order valence-corrected chi connectivity index (χ0v) is 16.0. The van der Waals surface area contributed by atoms with Crippen molar-refractivity contribution in [3.63, 3.8) is 0 Å². The summed E-state index contributed by atoms with van der Waals surface area (Å²) in [6, 6.07) is 0.827. The van der Waals surface area contributed by atoms with Crippen LogP contribution in [0.3, 0.4) is 0 Å². The molecule has 134 valence electrons. The summed E-state index contributed by atoms with van der Waals surface area (Å²) in [7, 11) is 0. The Kier molecular flexibility index (Phi) is 4.88. The maximum atomic E-state index is 6.38. The molecule has 6 atom stereocenters. The Hall–Kier alpha value is -0.0800. The van der Waals surface area contributed by atoms with Gasteiger partial charge in [0.25, 0.3) is 0 Å². The van der Waals surface area contributed by atoms with E-state index in [-0.39, 0.29) is 0 Å². The highest BCUT2D eigenvalue weighted by molar-refractivity contribution is 5.06. The Balaban J connectivity index is 1.81. The first-order valence-electron chi connectivity index (χ1n) is 10.3. The summed E-state index contributed by atoms with van der Waals surface area (Å²) in [6.07, 6.45) is 12.2. The molecule has 23 heavy (non-hydrogen) atoms. The molecule has 2 nitrogen and oxygen atoms in total. The molecular formula is C21H40N2. The minimum absolute atomic E-state index is 0.363. The molecule has 0 spiro atoms. The van der Waals surface area contributed by atoms with E-state index >= 15 is 0 Å². The summed E-state index contributed by atoms with van der Waals surface area (Å²) >= 11 is 0. The van der Waals surface area contributed by atoms with Gasteiger partial charge in [0.1, 0.15) is 0 Å². The van der Waals surface area contributed by atoms with Crippen LogP contribution in [0.1, 0.15) is 85.5 Å². The fourth-order valence-electron chi connectivity index (χ4n) is 7.30. The molecule has 0 aliphatic heterocycles. The van der Waals surface area contributed by atoms with E-state index in [0.717, 1.165) is 23.7 Å². The Morgan fingerprint density at radius 1 is 0.957 bits per heavy atom. The molecule has 3 fully saturated rings. The van der Waals surface area contributed by atoms with Gasteiger partial charge in [-0.25, -0.2) is 0 Å².